The Bertz CT molecular complexity index is 755. The minimum Gasteiger partial charge on any atom is -0.307 e. The van der Waals surface area contributed by atoms with Gasteiger partial charge in [-0.2, -0.15) is 0 Å². The molecule has 0 bridgehead atoms. The van der Waals surface area contributed by atoms with E-state index >= 15 is 0 Å². The van der Waals surface area contributed by atoms with Gasteiger partial charge in [-0.3, -0.25) is 9.69 Å². The predicted octanol–water partition coefficient (Wildman–Crippen LogP) is 3.69. The molecular weight excluding hydrogens is 298 g/mol. The highest BCUT2D eigenvalue weighted by Crippen LogP contribution is 2.38. The lowest BCUT2D eigenvalue weighted by Gasteiger charge is -2.21. The van der Waals surface area contributed by atoms with Gasteiger partial charge in [-0.25, -0.2) is 4.98 Å². The van der Waals surface area contributed by atoms with Gasteiger partial charge in [0.25, 0.3) is 5.56 Å². The maximum absolute atomic E-state index is 12.1. The van der Waals surface area contributed by atoms with E-state index in [1.807, 2.05) is 6.07 Å². The Morgan fingerprint density at radius 2 is 1.83 bits per heavy atom. The molecule has 0 spiro atoms. The van der Waals surface area contributed by atoms with Crippen LogP contribution in [-0.4, -0.2) is 28.0 Å². The largest absolute Gasteiger partial charge is 0.307 e. The van der Waals surface area contributed by atoms with E-state index in [1.54, 1.807) is 6.07 Å². The molecular formula is C20H25N3O. The Balaban J connectivity index is 1.64. The number of rotatable bonds is 4. The highest BCUT2D eigenvalue weighted by atomic mass is 16.1. The molecule has 0 unspecified atom stereocenters. The summed E-state index contributed by atoms with van der Waals surface area (Å²) >= 11 is 0. The topological polar surface area (TPSA) is 49.0 Å². The molecule has 24 heavy (non-hydrogen) atoms. The van der Waals surface area contributed by atoms with Crippen LogP contribution >= 0.6 is 0 Å². The average molecular weight is 323 g/mol. The van der Waals surface area contributed by atoms with Crippen molar-refractivity contribution in [1.82, 2.24) is 14.9 Å². The quantitative estimate of drug-likeness (QED) is 0.933. The van der Waals surface area contributed by atoms with Crippen LogP contribution in [0.5, 0.6) is 0 Å². The number of hydrogen-bond donors (Lipinski definition) is 1. The van der Waals surface area contributed by atoms with Crippen molar-refractivity contribution in [3.8, 4) is 11.4 Å². The summed E-state index contributed by atoms with van der Waals surface area (Å²) in [5.74, 6) is 1.22. The van der Waals surface area contributed by atoms with Gasteiger partial charge in [0.1, 0.15) is 5.82 Å². The number of aromatic amines is 1. The number of benzene rings is 1. The molecule has 2 aliphatic rings. The predicted molar refractivity (Wildman–Crippen MR) is 96.0 cm³/mol. The number of hydrogen-bond acceptors (Lipinski definition) is 3. The molecule has 2 fully saturated rings. The van der Waals surface area contributed by atoms with Crippen LogP contribution < -0.4 is 5.56 Å². The molecule has 4 rings (SSSR count). The fourth-order valence-corrected chi connectivity index (χ4v) is 3.62. The molecule has 2 heterocycles. The molecule has 1 aliphatic heterocycles. The van der Waals surface area contributed by atoms with Crippen LogP contribution in [0, 0.1) is 0 Å². The van der Waals surface area contributed by atoms with Crippen molar-refractivity contribution in [2.45, 2.75) is 51.0 Å². The first-order valence-corrected chi connectivity index (χ1v) is 9.21. The number of H-pyrrole nitrogens is 1. The number of nitrogens with one attached hydrogen (secondary N) is 1. The Hall–Kier alpha value is -1.94. The molecule has 0 atom stereocenters. The van der Waals surface area contributed by atoms with Crippen LogP contribution in [-0.2, 0) is 6.54 Å². The third kappa shape index (κ3) is 3.59. The minimum absolute atomic E-state index is 0.0357. The lowest BCUT2D eigenvalue weighted by molar-refractivity contribution is 0.277. The molecule has 1 N–H and O–H groups in total. The van der Waals surface area contributed by atoms with Gasteiger partial charge in [0.2, 0.25) is 0 Å². The molecule has 0 radical (unpaired) electrons. The van der Waals surface area contributed by atoms with Gasteiger partial charge in [-0.1, -0.05) is 37.1 Å². The van der Waals surface area contributed by atoms with Crippen molar-refractivity contribution >= 4 is 0 Å². The summed E-state index contributed by atoms with van der Waals surface area (Å²) in [5.41, 5.74) is 3.25. The highest BCUT2D eigenvalue weighted by molar-refractivity contribution is 5.60. The summed E-state index contributed by atoms with van der Waals surface area (Å²) in [7, 11) is 0. The van der Waals surface area contributed by atoms with E-state index in [9.17, 15) is 4.79 Å². The molecule has 1 aliphatic carbocycles. The second-order valence-corrected chi connectivity index (χ2v) is 7.14. The Labute approximate surface area is 142 Å². The average Bonchev–Trinajstić information content (AvgIpc) is 3.43. The smallest absolute Gasteiger partial charge is 0.251 e. The molecule has 0 amide bonds. The first-order chi connectivity index (χ1) is 11.8. The van der Waals surface area contributed by atoms with Gasteiger partial charge in [-0.15, -0.1) is 0 Å². The Morgan fingerprint density at radius 3 is 2.58 bits per heavy atom. The van der Waals surface area contributed by atoms with Gasteiger partial charge in [0.05, 0.1) is 5.69 Å². The zero-order valence-corrected chi connectivity index (χ0v) is 14.1. The molecule has 2 aromatic rings. The fraction of sp³-hybridized carbons (Fsp3) is 0.500. The lowest BCUT2D eigenvalue weighted by Crippen LogP contribution is -2.24. The molecule has 126 valence electrons. The summed E-state index contributed by atoms with van der Waals surface area (Å²) in [6.07, 6.45) is 7.58. The minimum atomic E-state index is -0.0357. The summed E-state index contributed by atoms with van der Waals surface area (Å²) < 4.78 is 0. The first-order valence-electron chi connectivity index (χ1n) is 9.21. The number of aromatic nitrogens is 2. The molecule has 4 heteroatoms. The Kier molecular flexibility index (Phi) is 4.48. The van der Waals surface area contributed by atoms with Crippen molar-refractivity contribution in [3.63, 3.8) is 0 Å². The van der Waals surface area contributed by atoms with E-state index in [4.69, 9.17) is 4.98 Å². The van der Waals surface area contributed by atoms with Crippen molar-refractivity contribution in [2.24, 2.45) is 0 Å². The third-order valence-electron chi connectivity index (χ3n) is 5.12. The molecule has 1 aromatic carbocycles. The van der Waals surface area contributed by atoms with E-state index in [1.165, 1.54) is 44.3 Å². The van der Waals surface area contributed by atoms with Crippen LogP contribution in [0.1, 0.15) is 55.7 Å². The maximum atomic E-state index is 12.1. The first kappa shape index (κ1) is 15.6. The maximum Gasteiger partial charge on any atom is 0.251 e. The zero-order valence-electron chi connectivity index (χ0n) is 14.1. The van der Waals surface area contributed by atoms with Crippen molar-refractivity contribution in [3.05, 3.63) is 51.9 Å². The van der Waals surface area contributed by atoms with Gasteiger partial charge >= 0.3 is 0 Å². The number of likely N-dealkylation sites (tertiary alicyclic amines) is 1. The fourth-order valence-electron chi connectivity index (χ4n) is 3.62. The monoisotopic (exact) mass is 323 g/mol. The van der Waals surface area contributed by atoms with Crippen LogP contribution in [0.3, 0.4) is 0 Å². The van der Waals surface area contributed by atoms with Gasteiger partial charge < -0.3 is 4.98 Å². The van der Waals surface area contributed by atoms with Crippen LogP contribution in [0.25, 0.3) is 11.4 Å². The number of nitrogens with zero attached hydrogens (tertiary/aromatic N) is 2. The zero-order chi connectivity index (χ0) is 16.4. The van der Waals surface area contributed by atoms with E-state index in [0.29, 0.717) is 5.92 Å². The van der Waals surface area contributed by atoms with Crippen molar-refractivity contribution in [1.29, 1.82) is 0 Å². The van der Waals surface area contributed by atoms with E-state index in [0.717, 1.165) is 36.5 Å². The van der Waals surface area contributed by atoms with Crippen molar-refractivity contribution in [2.75, 3.05) is 13.1 Å². The molecule has 1 saturated heterocycles. The normalized spacial score (nSPS) is 19.2. The SMILES string of the molecule is O=c1cc(C2CC2)nc(-c2ccccc2CN2CCCCCC2)[nH]1. The second kappa shape index (κ2) is 6.89. The standard InChI is InChI=1S/C20H25N3O/c24-19-13-18(15-9-10-15)21-20(22-19)17-8-4-3-7-16(17)14-23-11-5-1-2-6-12-23/h3-4,7-8,13,15H,1-2,5-6,9-12,14H2,(H,21,22,24). The molecule has 1 saturated carbocycles. The van der Waals surface area contributed by atoms with Crippen LogP contribution in [0.15, 0.2) is 35.1 Å². The molecule has 1 aromatic heterocycles. The van der Waals surface area contributed by atoms with Gasteiger partial charge in [0, 0.05) is 24.1 Å². The van der Waals surface area contributed by atoms with E-state index in [-0.39, 0.29) is 5.56 Å². The van der Waals surface area contributed by atoms with Crippen LogP contribution in [0.2, 0.25) is 0 Å². The van der Waals surface area contributed by atoms with Gasteiger partial charge in [-0.05, 0) is 44.3 Å². The summed E-state index contributed by atoms with van der Waals surface area (Å²) in [5, 5.41) is 0. The lowest BCUT2D eigenvalue weighted by atomic mass is 10.1. The van der Waals surface area contributed by atoms with Gasteiger partial charge in [0.15, 0.2) is 0 Å². The van der Waals surface area contributed by atoms with E-state index in [2.05, 4.69) is 28.1 Å². The molecule has 4 nitrogen and oxygen atoms in total. The summed E-state index contributed by atoms with van der Waals surface area (Å²) in [4.78, 5) is 22.3. The third-order valence-corrected chi connectivity index (χ3v) is 5.12. The van der Waals surface area contributed by atoms with E-state index < -0.39 is 0 Å². The second-order valence-electron chi connectivity index (χ2n) is 7.14. The van der Waals surface area contributed by atoms with Crippen molar-refractivity contribution < 1.29 is 0 Å². The summed E-state index contributed by atoms with van der Waals surface area (Å²) in [6.45, 7) is 3.27. The highest BCUT2D eigenvalue weighted by Gasteiger charge is 2.26. The Morgan fingerprint density at radius 1 is 1.08 bits per heavy atom. The summed E-state index contributed by atoms with van der Waals surface area (Å²) in [6, 6.07) is 10.0. The van der Waals surface area contributed by atoms with Crippen LogP contribution in [0.4, 0.5) is 0 Å².